The smallest absolute Gasteiger partial charge is 0.264 e. The maximum atomic E-state index is 12.3. The molecular formula is C18H27N3O3. The molecule has 0 saturated carbocycles. The van der Waals surface area contributed by atoms with Gasteiger partial charge in [0.2, 0.25) is 0 Å². The van der Waals surface area contributed by atoms with Crippen LogP contribution in [0.15, 0.2) is 4.79 Å². The van der Waals surface area contributed by atoms with Gasteiger partial charge in [0.05, 0.1) is 0 Å². The third kappa shape index (κ3) is 3.80. The van der Waals surface area contributed by atoms with Crippen molar-refractivity contribution < 1.29 is 9.90 Å². The van der Waals surface area contributed by atoms with E-state index in [0.29, 0.717) is 13.0 Å². The zero-order chi connectivity index (χ0) is 16.9. The Morgan fingerprint density at radius 1 is 1.12 bits per heavy atom. The van der Waals surface area contributed by atoms with Crippen LogP contribution in [0.25, 0.3) is 0 Å². The predicted octanol–water partition coefficient (Wildman–Crippen LogP) is 1.57. The maximum absolute atomic E-state index is 12.3. The number of H-pyrrole nitrogens is 1. The van der Waals surface area contributed by atoms with Gasteiger partial charge < -0.3 is 20.3 Å². The first kappa shape index (κ1) is 17.0. The molecule has 1 aromatic rings. The molecule has 6 nitrogen and oxygen atoms in total. The molecule has 1 saturated heterocycles. The van der Waals surface area contributed by atoms with E-state index in [0.717, 1.165) is 56.6 Å². The van der Waals surface area contributed by atoms with E-state index in [1.807, 2.05) is 0 Å². The van der Waals surface area contributed by atoms with Crippen molar-refractivity contribution in [3.63, 3.8) is 0 Å². The lowest BCUT2D eigenvalue weighted by Gasteiger charge is -2.26. The highest BCUT2D eigenvalue weighted by molar-refractivity contribution is 5.96. The van der Waals surface area contributed by atoms with E-state index in [9.17, 15) is 14.7 Å². The highest BCUT2D eigenvalue weighted by atomic mass is 16.3. The Hall–Kier alpha value is -1.82. The molecule has 3 rings (SSSR count). The van der Waals surface area contributed by atoms with Gasteiger partial charge in [0.25, 0.3) is 11.5 Å². The van der Waals surface area contributed by atoms with Crippen LogP contribution in [0.4, 0.5) is 0 Å². The second-order valence-corrected chi connectivity index (χ2v) is 6.85. The molecule has 24 heavy (non-hydrogen) atoms. The van der Waals surface area contributed by atoms with Crippen molar-refractivity contribution in [1.82, 2.24) is 15.2 Å². The van der Waals surface area contributed by atoms with E-state index in [4.69, 9.17) is 0 Å². The van der Waals surface area contributed by atoms with Crippen molar-refractivity contribution in [3.8, 4) is 5.75 Å². The molecule has 1 fully saturated rings. The zero-order valence-electron chi connectivity index (χ0n) is 14.2. The highest BCUT2D eigenvalue weighted by Gasteiger charge is 2.23. The third-order valence-corrected chi connectivity index (χ3v) is 5.09. The fraction of sp³-hybridized carbons (Fsp3) is 0.667. The van der Waals surface area contributed by atoms with Gasteiger partial charge in [0.1, 0.15) is 11.3 Å². The summed E-state index contributed by atoms with van der Waals surface area (Å²) < 4.78 is 0. The Labute approximate surface area is 142 Å². The fourth-order valence-electron chi connectivity index (χ4n) is 3.75. The molecule has 1 amide bonds. The highest BCUT2D eigenvalue weighted by Crippen LogP contribution is 2.28. The summed E-state index contributed by atoms with van der Waals surface area (Å²) in [6, 6.07) is 0. The normalized spacial score (nSPS) is 18.2. The largest absolute Gasteiger partial charge is 0.507 e. The molecule has 2 aliphatic rings. The molecule has 1 aliphatic carbocycles. The molecule has 0 aromatic carbocycles. The van der Waals surface area contributed by atoms with E-state index in [1.54, 1.807) is 0 Å². The molecule has 1 aliphatic heterocycles. The summed E-state index contributed by atoms with van der Waals surface area (Å²) in [5, 5.41) is 13.1. The lowest BCUT2D eigenvalue weighted by molar-refractivity contribution is 0.0946. The van der Waals surface area contributed by atoms with Gasteiger partial charge in [-0.3, -0.25) is 9.59 Å². The number of rotatable bonds is 5. The van der Waals surface area contributed by atoms with Gasteiger partial charge in [-0.25, -0.2) is 0 Å². The summed E-state index contributed by atoms with van der Waals surface area (Å²) in [6.07, 6.45) is 8.13. The van der Waals surface area contributed by atoms with Crippen LogP contribution in [0.2, 0.25) is 0 Å². The number of aromatic nitrogens is 1. The number of hydrogen-bond acceptors (Lipinski definition) is 4. The molecule has 0 spiro atoms. The first-order valence-corrected chi connectivity index (χ1v) is 9.14. The minimum Gasteiger partial charge on any atom is -0.507 e. The van der Waals surface area contributed by atoms with Gasteiger partial charge in [-0.05, 0) is 64.6 Å². The van der Waals surface area contributed by atoms with Crippen LogP contribution >= 0.6 is 0 Å². The van der Waals surface area contributed by atoms with Crippen LogP contribution in [-0.2, 0) is 12.8 Å². The number of pyridine rings is 1. The third-order valence-electron chi connectivity index (χ3n) is 5.09. The SMILES string of the molecule is O=C(NCCCN1CCCCC1)c1c(O)c2c([nH]c1=O)CCCC2. The van der Waals surface area contributed by atoms with E-state index in [-0.39, 0.29) is 11.3 Å². The number of hydrogen-bond donors (Lipinski definition) is 3. The van der Waals surface area contributed by atoms with E-state index in [1.165, 1.54) is 19.3 Å². The van der Waals surface area contributed by atoms with Gasteiger partial charge in [-0.15, -0.1) is 0 Å². The number of nitrogens with zero attached hydrogens (tertiary/aromatic N) is 1. The summed E-state index contributed by atoms with van der Waals surface area (Å²) in [7, 11) is 0. The lowest BCUT2D eigenvalue weighted by Crippen LogP contribution is -2.35. The van der Waals surface area contributed by atoms with E-state index in [2.05, 4.69) is 15.2 Å². The van der Waals surface area contributed by atoms with Crippen molar-refractivity contribution in [2.75, 3.05) is 26.2 Å². The minimum atomic E-state index is -0.485. The molecule has 0 radical (unpaired) electrons. The number of carbonyl (C=O) groups excluding carboxylic acids is 1. The average molecular weight is 333 g/mol. The number of fused-ring (bicyclic) bond motifs is 1. The predicted molar refractivity (Wildman–Crippen MR) is 92.6 cm³/mol. The van der Waals surface area contributed by atoms with Crippen molar-refractivity contribution in [2.45, 2.75) is 51.4 Å². The summed E-state index contributed by atoms with van der Waals surface area (Å²) in [5.74, 6) is -0.595. The average Bonchev–Trinajstić information content (AvgIpc) is 2.60. The lowest BCUT2D eigenvalue weighted by atomic mass is 9.93. The van der Waals surface area contributed by atoms with Crippen LogP contribution in [0.1, 0.15) is 60.1 Å². The summed E-state index contributed by atoms with van der Waals surface area (Å²) in [4.78, 5) is 29.7. The Balaban J connectivity index is 1.57. The Morgan fingerprint density at radius 3 is 2.67 bits per heavy atom. The number of nitrogens with one attached hydrogen (secondary N) is 2. The molecule has 3 N–H and O–H groups in total. The number of piperidine rings is 1. The maximum Gasteiger partial charge on any atom is 0.264 e. The second kappa shape index (κ2) is 7.83. The zero-order valence-corrected chi connectivity index (χ0v) is 14.2. The summed E-state index contributed by atoms with van der Waals surface area (Å²) in [5.41, 5.74) is 0.903. The number of carbonyl (C=O) groups is 1. The summed E-state index contributed by atoms with van der Waals surface area (Å²) in [6.45, 7) is 3.76. The van der Waals surface area contributed by atoms with Crippen molar-refractivity contribution >= 4 is 5.91 Å². The van der Waals surface area contributed by atoms with Crippen LogP contribution in [0.3, 0.4) is 0 Å². The molecule has 0 unspecified atom stereocenters. The van der Waals surface area contributed by atoms with Gasteiger partial charge in [-0.1, -0.05) is 6.42 Å². The van der Waals surface area contributed by atoms with Crippen molar-refractivity contribution in [2.24, 2.45) is 0 Å². The van der Waals surface area contributed by atoms with Crippen molar-refractivity contribution in [1.29, 1.82) is 0 Å². The fourth-order valence-corrected chi connectivity index (χ4v) is 3.75. The molecular weight excluding hydrogens is 306 g/mol. The van der Waals surface area contributed by atoms with Crippen molar-refractivity contribution in [3.05, 3.63) is 27.2 Å². The first-order chi connectivity index (χ1) is 11.7. The minimum absolute atomic E-state index is 0.123. The van der Waals surface area contributed by atoms with Gasteiger partial charge >= 0.3 is 0 Å². The number of aromatic amines is 1. The molecule has 1 aromatic heterocycles. The van der Waals surface area contributed by atoms with Gasteiger partial charge in [-0.2, -0.15) is 0 Å². The quantitative estimate of drug-likeness (QED) is 0.714. The monoisotopic (exact) mass is 333 g/mol. The molecule has 6 heteroatoms. The van der Waals surface area contributed by atoms with Crippen LogP contribution in [0, 0.1) is 0 Å². The van der Waals surface area contributed by atoms with E-state index >= 15 is 0 Å². The Morgan fingerprint density at radius 2 is 1.88 bits per heavy atom. The number of aryl methyl sites for hydroxylation is 1. The van der Waals surface area contributed by atoms with E-state index < -0.39 is 11.5 Å². The number of amides is 1. The second-order valence-electron chi connectivity index (χ2n) is 6.85. The standard InChI is InChI=1S/C18H27N3O3/c22-16-13-7-2-3-8-14(13)20-18(24)15(16)17(23)19-9-6-12-21-10-4-1-5-11-21/h1-12H2,(H,19,23)(H2,20,22,24). The molecule has 2 heterocycles. The van der Waals surface area contributed by atoms with Crippen LogP contribution in [0.5, 0.6) is 5.75 Å². The number of likely N-dealkylation sites (tertiary alicyclic amines) is 1. The number of aromatic hydroxyl groups is 1. The Kier molecular flexibility index (Phi) is 5.56. The van der Waals surface area contributed by atoms with Gasteiger partial charge in [0, 0.05) is 17.8 Å². The summed E-state index contributed by atoms with van der Waals surface area (Å²) >= 11 is 0. The van der Waals surface area contributed by atoms with Gasteiger partial charge in [0.15, 0.2) is 0 Å². The van der Waals surface area contributed by atoms with Crippen LogP contribution in [-0.4, -0.2) is 47.1 Å². The molecule has 0 bridgehead atoms. The molecule has 0 atom stereocenters. The Bertz CT molecular complexity index is 648. The topological polar surface area (TPSA) is 85.4 Å². The van der Waals surface area contributed by atoms with Crippen LogP contribution < -0.4 is 10.9 Å². The first-order valence-electron chi connectivity index (χ1n) is 9.14. The molecule has 132 valence electrons.